The molecule has 15 aromatic rings. The Morgan fingerprint density at radius 2 is 0.883 bits per heavy atom. The van der Waals surface area contributed by atoms with Crippen molar-refractivity contribution in [1.82, 2.24) is 13.5 Å². The van der Waals surface area contributed by atoms with Gasteiger partial charge in [0.25, 0.3) is 0 Å². The summed E-state index contributed by atoms with van der Waals surface area (Å²) in [5, 5.41) is 17.3. The molecular weight excluding hydrogens is 731 g/mol. The monoisotopic (exact) mass is 761 g/mol. The molecule has 5 heterocycles. The third kappa shape index (κ3) is 3.69. The van der Waals surface area contributed by atoms with Crippen LogP contribution in [0.15, 0.2) is 192 Å². The molecule has 4 nitrogen and oxygen atoms in total. The largest absolute Gasteiger partial charge is 0.454 e. The standard InChI is InChI=1S/C56H31N3O/c1-3-15-35-32(13-1)25-27-46-51(35)39-19-6-10-22-44(39)57(46)34-29-42-38-18-8-12-24-50(38)60-56(42)49(30-34)58-47-28-26-33-14-2-4-16-36(33)52(47)54-48(58)31-41-37-17-5-9-21-43(37)59-45-23-11-7-20-40(45)53(54)55(41)59/h1-31H. The molecule has 0 amide bonds. The van der Waals surface area contributed by atoms with Gasteiger partial charge < -0.3 is 18.0 Å². The molecule has 0 bridgehead atoms. The normalized spacial score (nSPS) is 12.7. The zero-order valence-corrected chi connectivity index (χ0v) is 32.1. The van der Waals surface area contributed by atoms with Crippen LogP contribution in [0.1, 0.15) is 0 Å². The van der Waals surface area contributed by atoms with Gasteiger partial charge in [0.05, 0.1) is 44.3 Å². The fraction of sp³-hybridized carbons (Fsp3) is 0. The summed E-state index contributed by atoms with van der Waals surface area (Å²) in [6.45, 7) is 0. The number of aromatic nitrogens is 3. The molecule has 0 fully saturated rings. The topological polar surface area (TPSA) is 27.4 Å². The van der Waals surface area contributed by atoms with Gasteiger partial charge in [-0.05, 0) is 76.1 Å². The van der Waals surface area contributed by atoms with Gasteiger partial charge in [0.15, 0.2) is 5.58 Å². The number of hydrogen-bond donors (Lipinski definition) is 0. The van der Waals surface area contributed by atoms with Gasteiger partial charge in [-0.1, -0.05) is 133 Å². The summed E-state index contributed by atoms with van der Waals surface area (Å²) in [5.74, 6) is 0. The third-order valence-corrected chi connectivity index (χ3v) is 13.5. The van der Waals surface area contributed by atoms with Gasteiger partial charge in [-0.25, -0.2) is 0 Å². The van der Waals surface area contributed by atoms with E-state index in [4.69, 9.17) is 4.42 Å². The molecule has 0 unspecified atom stereocenters. The summed E-state index contributed by atoms with van der Waals surface area (Å²) in [6, 6.07) is 69.1. The highest BCUT2D eigenvalue weighted by Crippen LogP contribution is 2.49. The van der Waals surface area contributed by atoms with Crippen molar-refractivity contribution >= 4 is 125 Å². The van der Waals surface area contributed by atoms with Gasteiger partial charge in [-0.3, -0.25) is 0 Å². The lowest BCUT2D eigenvalue weighted by Crippen LogP contribution is -2.00. The molecule has 10 aromatic carbocycles. The van der Waals surface area contributed by atoms with Crippen molar-refractivity contribution < 1.29 is 4.42 Å². The average molecular weight is 762 g/mol. The molecule has 4 heteroatoms. The predicted octanol–water partition coefficient (Wildman–Crippen LogP) is 15.2. The van der Waals surface area contributed by atoms with Crippen molar-refractivity contribution in [2.24, 2.45) is 0 Å². The highest BCUT2D eigenvalue weighted by molar-refractivity contribution is 6.38. The Kier molecular flexibility index (Phi) is 5.63. The first-order valence-corrected chi connectivity index (χ1v) is 20.7. The van der Waals surface area contributed by atoms with Crippen LogP contribution in [-0.4, -0.2) is 13.5 Å². The van der Waals surface area contributed by atoms with Gasteiger partial charge in [0, 0.05) is 59.5 Å². The van der Waals surface area contributed by atoms with Crippen molar-refractivity contribution in [3.63, 3.8) is 0 Å². The second kappa shape index (κ2) is 10.9. The Labute approximate surface area is 341 Å². The lowest BCUT2D eigenvalue weighted by molar-refractivity contribution is 0.666. The molecule has 0 aliphatic rings. The first-order chi connectivity index (χ1) is 29.8. The third-order valence-electron chi connectivity index (χ3n) is 13.5. The second-order valence-corrected chi connectivity index (χ2v) is 16.4. The van der Waals surface area contributed by atoms with Crippen LogP contribution in [0.5, 0.6) is 0 Å². The SMILES string of the molecule is c1ccc2c(c1)ccc1c2c2ccccc2n1-c1cc(-n2c3ccc4ccccc4c3c3c4c5ccccc5n5c6ccccc6c(cc32)c45)c2oc3ccccc3c2c1. The first-order valence-electron chi connectivity index (χ1n) is 20.7. The van der Waals surface area contributed by atoms with Crippen LogP contribution in [0.4, 0.5) is 0 Å². The van der Waals surface area contributed by atoms with E-state index in [2.05, 4.69) is 202 Å². The van der Waals surface area contributed by atoms with E-state index in [-0.39, 0.29) is 0 Å². The van der Waals surface area contributed by atoms with E-state index in [9.17, 15) is 0 Å². The Morgan fingerprint density at radius 3 is 1.63 bits per heavy atom. The van der Waals surface area contributed by atoms with Crippen LogP contribution in [0, 0.1) is 0 Å². The Morgan fingerprint density at radius 1 is 0.317 bits per heavy atom. The van der Waals surface area contributed by atoms with E-state index in [0.717, 1.165) is 44.3 Å². The lowest BCUT2D eigenvalue weighted by Gasteiger charge is -2.14. The van der Waals surface area contributed by atoms with Crippen LogP contribution >= 0.6 is 0 Å². The summed E-state index contributed by atoms with van der Waals surface area (Å²) in [6.07, 6.45) is 0. The molecule has 15 rings (SSSR count). The molecule has 0 saturated carbocycles. The average Bonchev–Trinajstić information content (AvgIpc) is 4.10. The molecule has 0 atom stereocenters. The zero-order valence-electron chi connectivity index (χ0n) is 32.1. The van der Waals surface area contributed by atoms with Gasteiger partial charge in [-0.2, -0.15) is 0 Å². The molecule has 0 aliphatic carbocycles. The summed E-state index contributed by atoms with van der Waals surface area (Å²) >= 11 is 0. The summed E-state index contributed by atoms with van der Waals surface area (Å²) < 4.78 is 14.5. The van der Waals surface area contributed by atoms with Crippen molar-refractivity contribution in [2.45, 2.75) is 0 Å². The minimum Gasteiger partial charge on any atom is -0.454 e. The van der Waals surface area contributed by atoms with E-state index in [0.29, 0.717) is 0 Å². The second-order valence-electron chi connectivity index (χ2n) is 16.4. The number of hydrogen-bond acceptors (Lipinski definition) is 1. The fourth-order valence-electron chi connectivity index (χ4n) is 11.1. The van der Waals surface area contributed by atoms with Gasteiger partial charge >= 0.3 is 0 Å². The molecule has 276 valence electrons. The van der Waals surface area contributed by atoms with Gasteiger partial charge in [-0.15, -0.1) is 0 Å². The summed E-state index contributed by atoms with van der Waals surface area (Å²) in [5.41, 5.74) is 12.3. The van der Waals surface area contributed by atoms with E-state index in [1.165, 1.54) is 92.2 Å². The van der Waals surface area contributed by atoms with Crippen molar-refractivity contribution in [2.75, 3.05) is 0 Å². The number of rotatable bonds is 2. The molecule has 0 spiro atoms. The van der Waals surface area contributed by atoms with E-state index in [1.807, 2.05) is 0 Å². The van der Waals surface area contributed by atoms with Crippen LogP contribution in [-0.2, 0) is 0 Å². The molecule has 0 aliphatic heterocycles. The van der Waals surface area contributed by atoms with Crippen LogP contribution in [0.2, 0.25) is 0 Å². The molecular formula is C56H31N3O. The summed E-state index contributed by atoms with van der Waals surface area (Å²) in [7, 11) is 0. The first kappa shape index (κ1) is 31.0. The zero-order chi connectivity index (χ0) is 38.8. The van der Waals surface area contributed by atoms with Crippen LogP contribution < -0.4 is 0 Å². The van der Waals surface area contributed by atoms with Crippen LogP contribution in [0.25, 0.3) is 137 Å². The number of benzene rings is 10. The molecule has 0 saturated heterocycles. The number of fused-ring (bicyclic) bond motifs is 20. The van der Waals surface area contributed by atoms with Crippen molar-refractivity contribution in [3.05, 3.63) is 188 Å². The number of nitrogens with zero attached hydrogens (tertiary/aromatic N) is 3. The molecule has 0 radical (unpaired) electrons. The van der Waals surface area contributed by atoms with Crippen molar-refractivity contribution in [1.29, 1.82) is 0 Å². The number of furan rings is 1. The number of para-hydroxylation sites is 4. The maximum Gasteiger partial charge on any atom is 0.159 e. The lowest BCUT2D eigenvalue weighted by atomic mass is 9.99. The fourth-order valence-corrected chi connectivity index (χ4v) is 11.1. The quantitative estimate of drug-likeness (QED) is 0.172. The van der Waals surface area contributed by atoms with Crippen LogP contribution in [0.3, 0.4) is 0 Å². The van der Waals surface area contributed by atoms with Crippen molar-refractivity contribution in [3.8, 4) is 11.4 Å². The highest BCUT2D eigenvalue weighted by Gasteiger charge is 2.27. The molecule has 5 aromatic heterocycles. The highest BCUT2D eigenvalue weighted by atomic mass is 16.3. The Balaban J connectivity index is 1.19. The minimum absolute atomic E-state index is 0.873. The summed E-state index contributed by atoms with van der Waals surface area (Å²) in [4.78, 5) is 0. The maximum atomic E-state index is 7.03. The van der Waals surface area contributed by atoms with E-state index >= 15 is 0 Å². The van der Waals surface area contributed by atoms with E-state index in [1.54, 1.807) is 0 Å². The van der Waals surface area contributed by atoms with E-state index < -0.39 is 0 Å². The minimum atomic E-state index is 0.873. The molecule has 60 heavy (non-hydrogen) atoms. The van der Waals surface area contributed by atoms with Gasteiger partial charge in [0.1, 0.15) is 5.58 Å². The van der Waals surface area contributed by atoms with Gasteiger partial charge in [0.2, 0.25) is 0 Å². The molecule has 0 N–H and O–H groups in total. The Hall–Kier alpha value is -8.08. The predicted molar refractivity (Wildman–Crippen MR) is 252 cm³/mol. The smallest absolute Gasteiger partial charge is 0.159 e. The maximum absolute atomic E-state index is 7.03. The Bertz CT molecular complexity index is 4360.